The van der Waals surface area contributed by atoms with Crippen LogP contribution in [0.25, 0.3) is 0 Å². The summed E-state index contributed by atoms with van der Waals surface area (Å²) in [5.74, 6) is 0.906. The maximum absolute atomic E-state index is 5.57. The number of benzene rings is 1. The van der Waals surface area contributed by atoms with Crippen LogP contribution in [0.3, 0.4) is 0 Å². The average molecular weight is 206 g/mol. The van der Waals surface area contributed by atoms with Crippen molar-refractivity contribution in [3.05, 3.63) is 23.8 Å². The SMILES string of the molecule is CON=Cc1ccc2c(c1)OCCN2C. The maximum Gasteiger partial charge on any atom is 0.143 e. The monoisotopic (exact) mass is 206 g/mol. The first-order chi connectivity index (χ1) is 7.31. The van der Waals surface area contributed by atoms with Crippen LogP contribution in [-0.4, -0.2) is 33.5 Å². The van der Waals surface area contributed by atoms with E-state index in [2.05, 4.69) is 21.9 Å². The van der Waals surface area contributed by atoms with Crippen molar-refractivity contribution in [1.29, 1.82) is 0 Å². The van der Waals surface area contributed by atoms with Gasteiger partial charge < -0.3 is 14.5 Å². The Labute approximate surface area is 89.1 Å². The summed E-state index contributed by atoms with van der Waals surface area (Å²) in [5.41, 5.74) is 2.10. The summed E-state index contributed by atoms with van der Waals surface area (Å²) in [6, 6.07) is 5.99. The predicted molar refractivity (Wildman–Crippen MR) is 59.8 cm³/mol. The van der Waals surface area contributed by atoms with Crippen LogP contribution in [0.1, 0.15) is 5.56 Å². The topological polar surface area (TPSA) is 34.1 Å². The number of oxime groups is 1. The van der Waals surface area contributed by atoms with E-state index in [0.29, 0.717) is 0 Å². The van der Waals surface area contributed by atoms with Crippen molar-refractivity contribution in [2.24, 2.45) is 5.16 Å². The van der Waals surface area contributed by atoms with Crippen molar-refractivity contribution in [3.8, 4) is 5.75 Å². The molecule has 0 N–H and O–H groups in total. The Morgan fingerprint density at radius 2 is 2.40 bits per heavy atom. The van der Waals surface area contributed by atoms with Crippen molar-refractivity contribution in [3.63, 3.8) is 0 Å². The summed E-state index contributed by atoms with van der Waals surface area (Å²) in [6.45, 7) is 1.66. The third kappa shape index (κ3) is 2.03. The average Bonchev–Trinajstić information content (AvgIpc) is 2.26. The van der Waals surface area contributed by atoms with Gasteiger partial charge in [0.05, 0.1) is 18.4 Å². The van der Waals surface area contributed by atoms with Crippen molar-refractivity contribution in [2.75, 3.05) is 32.2 Å². The van der Waals surface area contributed by atoms with Crippen molar-refractivity contribution in [1.82, 2.24) is 0 Å². The molecule has 0 aliphatic carbocycles. The lowest BCUT2D eigenvalue weighted by atomic mass is 10.1. The molecular weight excluding hydrogens is 192 g/mol. The molecule has 4 heteroatoms. The quantitative estimate of drug-likeness (QED) is 0.543. The second-order valence-corrected chi connectivity index (χ2v) is 3.41. The van der Waals surface area contributed by atoms with Gasteiger partial charge in [-0.25, -0.2) is 0 Å². The lowest BCUT2D eigenvalue weighted by molar-refractivity contribution is 0.215. The zero-order chi connectivity index (χ0) is 10.7. The van der Waals surface area contributed by atoms with E-state index < -0.39 is 0 Å². The summed E-state index contributed by atoms with van der Waals surface area (Å²) >= 11 is 0. The Bertz CT molecular complexity index is 377. The number of rotatable bonds is 2. The summed E-state index contributed by atoms with van der Waals surface area (Å²) in [7, 11) is 3.59. The molecule has 15 heavy (non-hydrogen) atoms. The molecule has 80 valence electrons. The van der Waals surface area contributed by atoms with Gasteiger partial charge in [-0.15, -0.1) is 0 Å². The molecule has 0 atom stereocenters. The first-order valence-electron chi connectivity index (χ1n) is 4.86. The Hall–Kier alpha value is -1.71. The lowest BCUT2D eigenvalue weighted by Crippen LogP contribution is -2.28. The molecule has 1 aliphatic rings. The van der Waals surface area contributed by atoms with Gasteiger partial charge in [0.1, 0.15) is 19.5 Å². The minimum atomic E-state index is 0.731. The van der Waals surface area contributed by atoms with E-state index in [4.69, 9.17) is 4.74 Å². The van der Waals surface area contributed by atoms with Crippen LogP contribution in [0.2, 0.25) is 0 Å². The summed E-state index contributed by atoms with van der Waals surface area (Å²) in [5, 5.41) is 3.72. The molecule has 0 saturated heterocycles. The second kappa shape index (κ2) is 4.21. The summed E-state index contributed by atoms with van der Waals surface area (Å²) in [4.78, 5) is 6.81. The van der Waals surface area contributed by atoms with Crippen LogP contribution >= 0.6 is 0 Å². The van der Waals surface area contributed by atoms with E-state index in [-0.39, 0.29) is 0 Å². The van der Waals surface area contributed by atoms with E-state index in [1.807, 2.05) is 18.2 Å². The number of fused-ring (bicyclic) bond motifs is 1. The molecule has 0 bridgehead atoms. The third-order valence-electron chi connectivity index (χ3n) is 2.39. The molecule has 1 aliphatic heterocycles. The Morgan fingerprint density at radius 1 is 1.53 bits per heavy atom. The molecule has 0 amide bonds. The van der Waals surface area contributed by atoms with Gasteiger partial charge in [-0.05, 0) is 17.7 Å². The number of anilines is 1. The molecule has 0 unspecified atom stereocenters. The Balaban J connectivity index is 2.29. The molecule has 4 nitrogen and oxygen atoms in total. The van der Waals surface area contributed by atoms with Gasteiger partial charge in [-0.3, -0.25) is 0 Å². The van der Waals surface area contributed by atoms with E-state index in [1.54, 1.807) is 6.21 Å². The van der Waals surface area contributed by atoms with Gasteiger partial charge in [0.15, 0.2) is 0 Å². The Kier molecular flexibility index (Phi) is 2.76. The normalized spacial score (nSPS) is 14.9. The fraction of sp³-hybridized carbons (Fsp3) is 0.364. The molecule has 0 saturated carbocycles. The molecule has 1 heterocycles. The molecule has 1 aromatic carbocycles. The van der Waals surface area contributed by atoms with Gasteiger partial charge in [-0.1, -0.05) is 11.2 Å². The standard InChI is InChI=1S/C11H14N2O2/c1-13-5-6-15-11-7-9(8-12-14-2)3-4-10(11)13/h3-4,7-8H,5-6H2,1-2H3. The summed E-state index contributed by atoms with van der Waals surface area (Å²) in [6.07, 6.45) is 1.66. The van der Waals surface area contributed by atoms with Crippen LogP contribution in [0, 0.1) is 0 Å². The first-order valence-corrected chi connectivity index (χ1v) is 4.86. The molecule has 0 spiro atoms. The third-order valence-corrected chi connectivity index (χ3v) is 2.39. The van der Waals surface area contributed by atoms with Crippen LogP contribution in [0.15, 0.2) is 23.4 Å². The number of likely N-dealkylation sites (N-methyl/N-ethyl adjacent to an activating group) is 1. The number of nitrogens with zero attached hydrogens (tertiary/aromatic N) is 2. The Morgan fingerprint density at radius 3 is 3.20 bits per heavy atom. The highest BCUT2D eigenvalue weighted by Gasteiger charge is 2.14. The number of hydrogen-bond donors (Lipinski definition) is 0. The van der Waals surface area contributed by atoms with Crippen LogP contribution in [0.4, 0.5) is 5.69 Å². The number of ether oxygens (including phenoxy) is 1. The first kappa shape index (κ1) is 9.83. The molecule has 0 fully saturated rings. The minimum absolute atomic E-state index is 0.731. The smallest absolute Gasteiger partial charge is 0.143 e. The van der Waals surface area contributed by atoms with E-state index in [9.17, 15) is 0 Å². The fourth-order valence-electron chi connectivity index (χ4n) is 1.57. The zero-order valence-corrected chi connectivity index (χ0v) is 8.93. The van der Waals surface area contributed by atoms with Crippen LogP contribution in [-0.2, 0) is 4.84 Å². The molecule has 2 rings (SSSR count). The van der Waals surface area contributed by atoms with Gasteiger partial charge in [0.2, 0.25) is 0 Å². The van der Waals surface area contributed by atoms with Gasteiger partial charge in [0, 0.05) is 7.05 Å². The van der Waals surface area contributed by atoms with Crippen molar-refractivity contribution >= 4 is 11.9 Å². The van der Waals surface area contributed by atoms with Crippen LogP contribution < -0.4 is 9.64 Å². The van der Waals surface area contributed by atoms with E-state index in [0.717, 1.165) is 30.2 Å². The summed E-state index contributed by atoms with van der Waals surface area (Å²) < 4.78 is 5.57. The molecule has 0 aromatic heterocycles. The van der Waals surface area contributed by atoms with Gasteiger partial charge in [-0.2, -0.15) is 0 Å². The van der Waals surface area contributed by atoms with E-state index >= 15 is 0 Å². The second-order valence-electron chi connectivity index (χ2n) is 3.41. The lowest BCUT2D eigenvalue weighted by Gasteiger charge is -2.27. The maximum atomic E-state index is 5.57. The highest BCUT2D eigenvalue weighted by molar-refractivity contribution is 5.81. The van der Waals surface area contributed by atoms with Crippen LogP contribution in [0.5, 0.6) is 5.75 Å². The zero-order valence-electron chi connectivity index (χ0n) is 8.93. The minimum Gasteiger partial charge on any atom is -0.490 e. The molecule has 0 radical (unpaired) electrons. The highest BCUT2D eigenvalue weighted by atomic mass is 16.6. The fourth-order valence-corrected chi connectivity index (χ4v) is 1.57. The van der Waals surface area contributed by atoms with E-state index in [1.165, 1.54) is 7.11 Å². The van der Waals surface area contributed by atoms with Crippen molar-refractivity contribution in [2.45, 2.75) is 0 Å². The van der Waals surface area contributed by atoms with Gasteiger partial charge >= 0.3 is 0 Å². The molecular formula is C11H14N2O2. The van der Waals surface area contributed by atoms with Crippen molar-refractivity contribution < 1.29 is 9.57 Å². The predicted octanol–water partition coefficient (Wildman–Crippen LogP) is 1.50. The largest absolute Gasteiger partial charge is 0.490 e. The highest BCUT2D eigenvalue weighted by Crippen LogP contribution is 2.30. The molecule has 1 aromatic rings. The van der Waals surface area contributed by atoms with Gasteiger partial charge in [0.25, 0.3) is 0 Å². The number of hydrogen-bond acceptors (Lipinski definition) is 4.